The number of ether oxygens (including phenoxy) is 1. The average molecular weight is 427 g/mol. The van der Waals surface area contributed by atoms with Gasteiger partial charge in [-0.3, -0.25) is 4.79 Å². The molecule has 1 aliphatic rings. The largest absolute Gasteiger partial charge is 0.493 e. The normalized spacial score (nSPS) is 15.3. The van der Waals surface area contributed by atoms with E-state index in [0.29, 0.717) is 12.4 Å². The van der Waals surface area contributed by atoms with Crippen LogP contribution in [0.2, 0.25) is 0 Å². The molecule has 0 radical (unpaired) electrons. The van der Waals surface area contributed by atoms with Crippen LogP contribution in [0, 0.1) is 13.8 Å². The fourth-order valence-electron chi connectivity index (χ4n) is 3.18. The third-order valence-electron chi connectivity index (χ3n) is 4.87. The highest BCUT2D eigenvalue weighted by atomic mass is 32.2. The number of nitrogens with one attached hydrogen (secondary N) is 2. The first-order valence-electron chi connectivity index (χ1n) is 9.41. The van der Waals surface area contributed by atoms with Gasteiger partial charge in [-0.25, -0.2) is 0 Å². The second-order valence-electron chi connectivity index (χ2n) is 6.83. The molecule has 0 spiro atoms. The van der Waals surface area contributed by atoms with Crippen molar-refractivity contribution in [1.29, 1.82) is 0 Å². The zero-order chi connectivity index (χ0) is 20.2. The van der Waals surface area contributed by atoms with Crippen LogP contribution in [0.3, 0.4) is 0 Å². The Morgan fingerprint density at radius 3 is 2.97 bits per heavy atom. The Morgan fingerprint density at radius 1 is 1.21 bits per heavy atom. The molecule has 0 fully saturated rings. The Kier molecular flexibility index (Phi) is 6.01. The quantitative estimate of drug-likeness (QED) is 0.560. The van der Waals surface area contributed by atoms with Crippen molar-refractivity contribution >= 4 is 39.8 Å². The van der Waals surface area contributed by atoms with Crippen LogP contribution in [-0.2, 0) is 4.79 Å². The SMILES string of the molecule is Cc1cccc(Nc2nnc(SCC(=O)N[C@H]3CCOc4ccccc43)s2)c1C. The summed E-state index contributed by atoms with van der Waals surface area (Å²) in [6.07, 6.45) is 0.774. The van der Waals surface area contributed by atoms with E-state index in [-0.39, 0.29) is 11.9 Å². The van der Waals surface area contributed by atoms with Crippen molar-refractivity contribution in [3.8, 4) is 5.75 Å². The Morgan fingerprint density at radius 2 is 2.07 bits per heavy atom. The maximum Gasteiger partial charge on any atom is 0.230 e. The van der Waals surface area contributed by atoms with E-state index in [2.05, 4.69) is 40.7 Å². The van der Waals surface area contributed by atoms with Gasteiger partial charge in [0.2, 0.25) is 11.0 Å². The number of thioether (sulfide) groups is 1. The topological polar surface area (TPSA) is 76.1 Å². The van der Waals surface area contributed by atoms with Crippen LogP contribution in [0.15, 0.2) is 46.8 Å². The number of carbonyl (C=O) groups is 1. The predicted octanol–water partition coefficient (Wildman–Crippen LogP) is 4.63. The molecule has 8 heteroatoms. The molecule has 0 aliphatic carbocycles. The number of aromatic nitrogens is 2. The first-order chi connectivity index (χ1) is 14.1. The molecule has 0 unspecified atom stereocenters. The molecule has 150 valence electrons. The summed E-state index contributed by atoms with van der Waals surface area (Å²) >= 11 is 2.85. The van der Waals surface area contributed by atoms with Crippen molar-refractivity contribution < 1.29 is 9.53 Å². The number of amides is 1. The third-order valence-corrected chi connectivity index (χ3v) is 6.85. The van der Waals surface area contributed by atoms with Gasteiger partial charge in [0.1, 0.15) is 5.75 Å². The van der Waals surface area contributed by atoms with Gasteiger partial charge in [-0.2, -0.15) is 0 Å². The van der Waals surface area contributed by atoms with Gasteiger partial charge in [0.25, 0.3) is 0 Å². The lowest BCUT2D eigenvalue weighted by atomic mass is 10.0. The number of benzene rings is 2. The number of rotatable bonds is 6. The lowest BCUT2D eigenvalue weighted by molar-refractivity contribution is -0.119. The maximum absolute atomic E-state index is 12.4. The highest BCUT2D eigenvalue weighted by molar-refractivity contribution is 8.01. The van der Waals surface area contributed by atoms with Crippen molar-refractivity contribution in [1.82, 2.24) is 15.5 Å². The standard InChI is InChI=1S/C21H22N4O2S2/c1-13-6-5-8-16(14(13)2)23-20-24-25-21(29-20)28-12-19(26)22-17-10-11-27-18-9-4-3-7-15(17)18/h3-9,17H,10-12H2,1-2H3,(H,22,26)(H,23,24)/t17-/m0/s1. The smallest absolute Gasteiger partial charge is 0.230 e. The van der Waals surface area contributed by atoms with E-state index in [1.54, 1.807) is 0 Å². The number of hydrogen-bond acceptors (Lipinski definition) is 7. The van der Waals surface area contributed by atoms with Crippen molar-refractivity contribution in [3.05, 3.63) is 59.2 Å². The first kappa shape index (κ1) is 19.7. The lowest BCUT2D eigenvalue weighted by Crippen LogP contribution is -2.33. The molecule has 0 saturated heterocycles. The molecule has 2 heterocycles. The van der Waals surface area contributed by atoms with E-state index in [1.807, 2.05) is 36.4 Å². The molecule has 2 aromatic carbocycles. The summed E-state index contributed by atoms with van der Waals surface area (Å²) in [6.45, 7) is 4.77. The van der Waals surface area contributed by atoms with Crippen LogP contribution in [-0.4, -0.2) is 28.5 Å². The average Bonchev–Trinajstić information content (AvgIpc) is 3.18. The number of para-hydroxylation sites is 1. The van der Waals surface area contributed by atoms with Crippen LogP contribution in [0.25, 0.3) is 0 Å². The summed E-state index contributed by atoms with van der Waals surface area (Å²) in [5.41, 5.74) is 4.47. The fourth-order valence-corrected chi connectivity index (χ4v) is 4.75. The molecule has 1 aromatic heterocycles. The van der Waals surface area contributed by atoms with E-state index >= 15 is 0 Å². The Balaban J connectivity index is 1.32. The van der Waals surface area contributed by atoms with Gasteiger partial charge >= 0.3 is 0 Å². The highest BCUT2D eigenvalue weighted by Gasteiger charge is 2.22. The second-order valence-corrected chi connectivity index (χ2v) is 9.03. The van der Waals surface area contributed by atoms with Gasteiger partial charge < -0.3 is 15.4 Å². The zero-order valence-corrected chi connectivity index (χ0v) is 17.9. The molecular formula is C21H22N4O2S2. The first-order valence-corrected chi connectivity index (χ1v) is 11.2. The van der Waals surface area contributed by atoms with Gasteiger partial charge in [0.05, 0.1) is 18.4 Å². The minimum atomic E-state index is -0.0176. The van der Waals surface area contributed by atoms with Crippen LogP contribution >= 0.6 is 23.1 Å². The minimum absolute atomic E-state index is 0.0102. The van der Waals surface area contributed by atoms with Crippen LogP contribution < -0.4 is 15.4 Å². The van der Waals surface area contributed by atoms with Gasteiger partial charge in [0.15, 0.2) is 4.34 Å². The summed E-state index contributed by atoms with van der Waals surface area (Å²) in [5.74, 6) is 1.14. The Labute approximate surface area is 178 Å². The summed E-state index contributed by atoms with van der Waals surface area (Å²) in [6, 6.07) is 14.0. The molecule has 3 aromatic rings. The van der Waals surface area contributed by atoms with Gasteiger partial charge in [-0.1, -0.05) is 53.4 Å². The summed E-state index contributed by atoms with van der Waals surface area (Å²) in [4.78, 5) is 12.4. The minimum Gasteiger partial charge on any atom is -0.493 e. The molecule has 0 bridgehead atoms. The number of nitrogens with zero attached hydrogens (tertiary/aromatic N) is 2. The molecule has 4 rings (SSSR count). The summed E-state index contributed by atoms with van der Waals surface area (Å²) in [7, 11) is 0. The van der Waals surface area contributed by atoms with Crippen LogP contribution in [0.5, 0.6) is 5.75 Å². The van der Waals surface area contributed by atoms with Crippen molar-refractivity contribution in [2.24, 2.45) is 0 Å². The summed E-state index contributed by atoms with van der Waals surface area (Å²) < 4.78 is 6.42. The van der Waals surface area contributed by atoms with E-state index in [0.717, 1.165) is 32.9 Å². The second kappa shape index (κ2) is 8.84. The van der Waals surface area contributed by atoms with E-state index in [4.69, 9.17) is 4.74 Å². The number of carbonyl (C=O) groups excluding carboxylic acids is 1. The molecule has 2 N–H and O–H groups in total. The zero-order valence-electron chi connectivity index (χ0n) is 16.3. The number of fused-ring (bicyclic) bond motifs is 1. The van der Waals surface area contributed by atoms with Gasteiger partial charge in [-0.05, 0) is 37.1 Å². The molecule has 1 atom stereocenters. The van der Waals surface area contributed by atoms with Gasteiger partial charge in [0, 0.05) is 17.7 Å². The van der Waals surface area contributed by atoms with Crippen LogP contribution in [0.1, 0.15) is 29.2 Å². The van der Waals surface area contributed by atoms with Crippen molar-refractivity contribution in [3.63, 3.8) is 0 Å². The van der Waals surface area contributed by atoms with Crippen LogP contribution in [0.4, 0.5) is 10.8 Å². The Hall–Kier alpha value is -2.58. The maximum atomic E-state index is 12.4. The fraction of sp³-hybridized carbons (Fsp3) is 0.286. The van der Waals surface area contributed by atoms with E-state index in [9.17, 15) is 4.79 Å². The van der Waals surface area contributed by atoms with E-state index in [1.165, 1.54) is 34.2 Å². The van der Waals surface area contributed by atoms with Crippen molar-refractivity contribution in [2.75, 3.05) is 17.7 Å². The van der Waals surface area contributed by atoms with Crippen molar-refractivity contribution in [2.45, 2.75) is 30.6 Å². The molecule has 1 amide bonds. The van der Waals surface area contributed by atoms with Gasteiger partial charge in [-0.15, -0.1) is 10.2 Å². The highest BCUT2D eigenvalue weighted by Crippen LogP contribution is 2.32. The number of anilines is 2. The summed E-state index contributed by atoms with van der Waals surface area (Å²) in [5, 5.41) is 15.5. The third kappa shape index (κ3) is 4.71. The molecule has 1 aliphatic heterocycles. The molecule has 6 nitrogen and oxygen atoms in total. The monoisotopic (exact) mass is 426 g/mol. The van der Waals surface area contributed by atoms with E-state index < -0.39 is 0 Å². The predicted molar refractivity (Wildman–Crippen MR) is 117 cm³/mol. The molecule has 29 heavy (non-hydrogen) atoms. The molecular weight excluding hydrogens is 404 g/mol. The Bertz CT molecular complexity index is 1020. The lowest BCUT2D eigenvalue weighted by Gasteiger charge is -2.26. The molecule has 0 saturated carbocycles. The number of hydrogen-bond donors (Lipinski definition) is 2. The number of aryl methyl sites for hydroxylation is 1.